The molecule has 0 saturated heterocycles. The minimum Gasteiger partial charge on any atom is -0.456 e. The van der Waals surface area contributed by atoms with Crippen LogP contribution in [0.15, 0.2) is 42.5 Å². The minimum atomic E-state index is -0.515. The number of hydrogen-bond donors (Lipinski definition) is 2. The molecular formula is C14H14N2O2. The number of aryl methyl sites for hydroxylation is 1. The van der Waals surface area contributed by atoms with Crippen molar-refractivity contribution in [3.8, 4) is 11.5 Å². The van der Waals surface area contributed by atoms with Crippen LogP contribution in [0.4, 0.5) is 5.69 Å². The van der Waals surface area contributed by atoms with Crippen molar-refractivity contribution in [1.29, 1.82) is 0 Å². The lowest BCUT2D eigenvalue weighted by molar-refractivity contribution is 0.0998. The summed E-state index contributed by atoms with van der Waals surface area (Å²) >= 11 is 0. The molecule has 0 atom stereocenters. The lowest BCUT2D eigenvalue weighted by atomic mass is 10.1. The Balaban J connectivity index is 2.37. The molecule has 0 aliphatic carbocycles. The Bertz CT molecular complexity index is 594. The molecule has 0 aromatic heterocycles. The Morgan fingerprint density at radius 1 is 1.11 bits per heavy atom. The van der Waals surface area contributed by atoms with Crippen LogP contribution in [0.3, 0.4) is 0 Å². The van der Waals surface area contributed by atoms with Gasteiger partial charge in [0.1, 0.15) is 11.5 Å². The zero-order chi connectivity index (χ0) is 13.1. The first kappa shape index (κ1) is 12.0. The summed E-state index contributed by atoms with van der Waals surface area (Å²) in [7, 11) is 0. The van der Waals surface area contributed by atoms with Gasteiger partial charge in [0.25, 0.3) is 5.91 Å². The number of benzene rings is 2. The second kappa shape index (κ2) is 4.79. The fourth-order valence-electron chi connectivity index (χ4n) is 1.66. The molecule has 0 fully saturated rings. The number of nitrogen functional groups attached to an aromatic ring is 1. The Labute approximate surface area is 105 Å². The molecule has 4 heteroatoms. The molecule has 0 saturated carbocycles. The van der Waals surface area contributed by atoms with E-state index < -0.39 is 5.91 Å². The highest BCUT2D eigenvalue weighted by atomic mass is 16.5. The fraction of sp³-hybridized carbons (Fsp3) is 0.0714. The molecule has 0 radical (unpaired) electrons. The van der Waals surface area contributed by atoms with E-state index in [0.29, 0.717) is 22.7 Å². The quantitative estimate of drug-likeness (QED) is 0.811. The number of carbonyl (C=O) groups excluding carboxylic acids is 1. The lowest BCUT2D eigenvalue weighted by Gasteiger charge is -2.11. The normalized spacial score (nSPS) is 10.1. The lowest BCUT2D eigenvalue weighted by Crippen LogP contribution is -2.12. The third-order valence-electron chi connectivity index (χ3n) is 2.57. The summed E-state index contributed by atoms with van der Waals surface area (Å²) in [5.41, 5.74) is 12.9. The van der Waals surface area contributed by atoms with Crippen molar-refractivity contribution in [3.63, 3.8) is 0 Å². The molecule has 2 rings (SSSR count). The van der Waals surface area contributed by atoms with Crippen LogP contribution in [-0.2, 0) is 0 Å². The summed E-state index contributed by atoms with van der Waals surface area (Å²) in [6.07, 6.45) is 0. The zero-order valence-corrected chi connectivity index (χ0v) is 10.0. The minimum absolute atomic E-state index is 0.355. The summed E-state index contributed by atoms with van der Waals surface area (Å²) in [6.45, 7) is 1.89. The second-order valence-corrected chi connectivity index (χ2v) is 3.99. The van der Waals surface area contributed by atoms with Crippen LogP contribution in [-0.4, -0.2) is 5.91 Å². The molecule has 1 amide bonds. The maximum atomic E-state index is 11.3. The zero-order valence-electron chi connectivity index (χ0n) is 10.0. The number of amides is 1. The number of rotatable bonds is 3. The van der Waals surface area contributed by atoms with Gasteiger partial charge >= 0.3 is 0 Å². The average Bonchev–Trinajstić information content (AvgIpc) is 2.33. The number of nitrogens with two attached hydrogens (primary N) is 2. The molecule has 2 aromatic rings. The van der Waals surface area contributed by atoms with E-state index in [4.69, 9.17) is 16.2 Å². The Morgan fingerprint density at radius 2 is 1.83 bits per heavy atom. The number of anilines is 1. The second-order valence-electron chi connectivity index (χ2n) is 3.99. The fourth-order valence-corrected chi connectivity index (χ4v) is 1.66. The van der Waals surface area contributed by atoms with E-state index in [1.807, 2.05) is 13.0 Å². The molecule has 0 aliphatic rings. The van der Waals surface area contributed by atoms with Gasteiger partial charge in [0, 0.05) is 5.69 Å². The van der Waals surface area contributed by atoms with Gasteiger partial charge in [-0.15, -0.1) is 0 Å². The highest BCUT2D eigenvalue weighted by Gasteiger charge is 2.10. The van der Waals surface area contributed by atoms with Crippen LogP contribution in [0.5, 0.6) is 11.5 Å². The summed E-state index contributed by atoms with van der Waals surface area (Å²) < 4.78 is 5.70. The third-order valence-corrected chi connectivity index (χ3v) is 2.57. The first-order chi connectivity index (χ1) is 8.58. The molecule has 18 heavy (non-hydrogen) atoms. The third kappa shape index (κ3) is 2.43. The molecule has 4 N–H and O–H groups in total. The maximum absolute atomic E-state index is 11.3. The van der Waals surface area contributed by atoms with E-state index >= 15 is 0 Å². The molecule has 2 aromatic carbocycles. The predicted molar refractivity (Wildman–Crippen MR) is 70.6 cm³/mol. The van der Waals surface area contributed by atoms with Crippen molar-refractivity contribution >= 4 is 11.6 Å². The highest BCUT2D eigenvalue weighted by Crippen LogP contribution is 2.28. The van der Waals surface area contributed by atoms with Gasteiger partial charge in [0.15, 0.2) is 0 Å². The molecule has 4 nitrogen and oxygen atoms in total. The first-order valence-electron chi connectivity index (χ1n) is 5.51. The summed E-state index contributed by atoms with van der Waals surface area (Å²) in [6, 6.07) is 12.2. The monoisotopic (exact) mass is 242 g/mol. The van der Waals surface area contributed by atoms with Crippen molar-refractivity contribution in [2.75, 3.05) is 5.73 Å². The van der Waals surface area contributed by atoms with E-state index in [1.54, 1.807) is 36.4 Å². The molecule has 92 valence electrons. The number of para-hydroxylation sites is 1. The van der Waals surface area contributed by atoms with Crippen LogP contribution in [0.25, 0.3) is 0 Å². The van der Waals surface area contributed by atoms with Gasteiger partial charge in [-0.3, -0.25) is 4.79 Å². The van der Waals surface area contributed by atoms with Crippen molar-refractivity contribution in [1.82, 2.24) is 0 Å². The van der Waals surface area contributed by atoms with Gasteiger partial charge < -0.3 is 16.2 Å². The van der Waals surface area contributed by atoms with Crippen molar-refractivity contribution in [3.05, 3.63) is 53.6 Å². The van der Waals surface area contributed by atoms with Gasteiger partial charge in [-0.2, -0.15) is 0 Å². The number of primary amides is 1. The number of hydrogen-bond acceptors (Lipinski definition) is 3. The van der Waals surface area contributed by atoms with Crippen LogP contribution < -0.4 is 16.2 Å². The van der Waals surface area contributed by atoms with Crippen molar-refractivity contribution in [2.45, 2.75) is 6.92 Å². The van der Waals surface area contributed by atoms with E-state index in [-0.39, 0.29) is 0 Å². The molecule has 0 unspecified atom stereocenters. The van der Waals surface area contributed by atoms with E-state index in [0.717, 1.165) is 5.56 Å². The molecule has 0 bridgehead atoms. The topological polar surface area (TPSA) is 78.3 Å². The Morgan fingerprint density at radius 3 is 2.50 bits per heavy atom. The van der Waals surface area contributed by atoms with Gasteiger partial charge in [0.05, 0.1) is 5.56 Å². The summed E-state index contributed by atoms with van der Waals surface area (Å²) in [5.74, 6) is 0.578. The molecule has 0 aliphatic heterocycles. The van der Waals surface area contributed by atoms with Crippen molar-refractivity contribution in [2.24, 2.45) is 5.73 Å². The molecular weight excluding hydrogens is 228 g/mol. The Kier molecular flexibility index (Phi) is 3.19. The predicted octanol–water partition coefficient (Wildman–Crippen LogP) is 2.47. The van der Waals surface area contributed by atoms with Crippen LogP contribution >= 0.6 is 0 Å². The summed E-state index contributed by atoms with van der Waals surface area (Å²) in [5, 5.41) is 0. The van der Waals surface area contributed by atoms with Gasteiger partial charge in [0.2, 0.25) is 0 Å². The number of ether oxygens (including phenoxy) is 1. The van der Waals surface area contributed by atoms with Gasteiger partial charge in [-0.25, -0.2) is 0 Å². The first-order valence-corrected chi connectivity index (χ1v) is 5.51. The molecule has 0 spiro atoms. The van der Waals surface area contributed by atoms with E-state index in [1.165, 1.54) is 0 Å². The molecule has 0 heterocycles. The van der Waals surface area contributed by atoms with Crippen LogP contribution in [0, 0.1) is 6.92 Å². The average molecular weight is 242 g/mol. The highest BCUT2D eigenvalue weighted by molar-refractivity contribution is 5.95. The Hall–Kier alpha value is -2.49. The SMILES string of the molecule is Cc1cc(N)ccc1Oc1ccccc1C(N)=O. The maximum Gasteiger partial charge on any atom is 0.252 e. The van der Waals surface area contributed by atoms with Crippen LogP contribution in [0.2, 0.25) is 0 Å². The number of carbonyl (C=O) groups is 1. The smallest absolute Gasteiger partial charge is 0.252 e. The van der Waals surface area contributed by atoms with E-state index in [9.17, 15) is 4.79 Å². The standard InChI is InChI=1S/C14H14N2O2/c1-9-8-10(15)6-7-12(9)18-13-5-3-2-4-11(13)14(16)17/h2-8H,15H2,1H3,(H2,16,17). The van der Waals surface area contributed by atoms with Crippen LogP contribution in [0.1, 0.15) is 15.9 Å². The van der Waals surface area contributed by atoms with Crippen molar-refractivity contribution < 1.29 is 9.53 Å². The summed E-state index contributed by atoms with van der Waals surface area (Å²) in [4.78, 5) is 11.3. The van der Waals surface area contributed by atoms with Gasteiger partial charge in [-0.05, 0) is 42.8 Å². The van der Waals surface area contributed by atoms with E-state index in [2.05, 4.69) is 0 Å². The largest absolute Gasteiger partial charge is 0.456 e. The van der Waals surface area contributed by atoms with Gasteiger partial charge in [-0.1, -0.05) is 12.1 Å².